The van der Waals surface area contributed by atoms with E-state index in [-0.39, 0.29) is 19.0 Å². The second-order valence-electron chi connectivity index (χ2n) is 6.69. The molecule has 1 aromatic heterocycles. The molecule has 3 amide bonds. The van der Waals surface area contributed by atoms with Gasteiger partial charge in [-0.1, -0.05) is 35.0 Å². The van der Waals surface area contributed by atoms with Crippen LogP contribution in [0.3, 0.4) is 0 Å². The maximum absolute atomic E-state index is 12.7. The van der Waals surface area contributed by atoms with E-state index in [9.17, 15) is 14.4 Å². The van der Waals surface area contributed by atoms with Gasteiger partial charge in [0.1, 0.15) is 18.9 Å². The molecule has 0 fully saturated rings. The normalized spacial score (nSPS) is 18.6. The Hall–Kier alpha value is -3.62. The van der Waals surface area contributed by atoms with Crippen LogP contribution in [0.5, 0.6) is 0 Å². The smallest absolute Gasteiger partial charge is 0.338 e. The fraction of sp³-hybridized carbons (Fsp3) is 0.263. The number of carbonyl (C=O) groups is 3. The minimum Gasteiger partial charge on any atom is -0.456 e. The summed E-state index contributed by atoms with van der Waals surface area (Å²) in [4.78, 5) is 38.5. The molecule has 4 rings (SSSR count). The van der Waals surface area contributed by atoms with Crippen LogP contribution in [0.1, 0.15) is 22.9 Å². The number of hydrogen-bond donors (Lipinski definition) is 2. The van der Waals surface area contributed by atoms with Gasteiger partial charge < -0.3 is 19.9 Å². The zero-order valence-corrected chi connectivity index (χ0v) is 15.3. The van der Waals surface area contributed by atoms with Gasteiger partial charge in [-0.3, -0.25) is 9.69 Å². The molecule has 9 heteroatoms. The summed E-state index contributed by atoms with van der Waals surface area (Å²) in [6.45, 7) is 3.31. The largest absolute Gasteiger partial charge is 0.456 e. The van der Waals surface area contributed by atoms with Gasteiger partial charge in [-0.25, -0.2) is 9.59 Å². The number of carbonyl (C=O) groups excluding carboxylic acids is 3. The van der Waals surface area contributed by atoms with E-state index in [4.69, 9.17) is 9.26 Å². The Morgan fingerprint density at radius 3 is 2.71 bits per heavy atom. The summed E-state index contributed by atoms with van der Waals surface area (Å²) in [6.07, 6.45) is 0. The van der Waals surface area contributed by atoms with Crippen LogP contribution < -0.4 is 10.6 Å². The zero-order chi connectivity index (χ0) is 19.8. The van der Waals surface area contributed by atoms with E-state index in [1.54, 1.807) is 13.0 Å². The highest BCUT2D eigenvalue weighted by Crippen LogP contribution is 2.35. The van der Waals surface area contributed by atoms with Crippen LogP contribution in [0, 0.1) is 13.8 Å². The first-order chi connectivity index (χ1) is 13.4. The topological polar surface area (TPSA) is 114 Å². The minimum absolute atomic E-state index is 0.0553. The number of esters is 1. The lowest BCUT2D eigenvalue weighted by Crippen LogP contribution is -2.49. The number of cyclic esters (lactones) is 1. The van der Waals surface area contributed by atoms with E-state index in [0.29, 0.717) is 17.0 Å². The van der Waals surface area contributed by atoms with E-state index in [1.165, 1.54) is 4.90 Å². The van der Waals surface area contributed by atoms with Crippen LogP contribution in [0.4, 0.5) is 10.6 Å². The second-order valence-corrected chi connectivity index (χ2v) is 6.69. The minimum atomic E-state index is -0.615. The van der Waals surface area contributed by atoms with E-state index in [0.717, 1.165) is 11.1 Å². The zero-order valence-electron chi connectivity index (χ0n) is 15.3. The third kappa shape index (κ3) is 3.22. The molecule has 28 heavy (non-hydrogen) atoms. The Balaban J connectivity index is 1.59. The first kappa shape index (κ1) is 17.8. The van der Waals surface area contributed by atoms with Crippen LogP contribution in [-0.4, -0.2) is 41.1 Å². The number of nitrogens with zero attached hydrogens (tertiary/aromatic N) is 2. The predicted molar refractivity (Wildman–Crippen MR) is 97.0 cm³/mol. The van der Waals surface area contributed by atoms with Crippen LogP contribution in [0.25, 0.3) is 0 Å². The molecule has 2 N–H and O–H groups in total. The number of ether oxygens (including phenoxy) is 1. The van der Waals surface area contributed by atoms with Crippen LogP contribution in [0.2, 0.25) is 0 Å². The molecule has 0 saturated heterocycles. The lowest BCUT2D eigenvalue weighted by atomic mass is 9.95. The van der Waals surface area contributed by atoms with Gasteiger partial charge in [-0.15, -0.1) is 0 Å². The van der Waals surface area contributed by atoms with E-state index in [1.807, 2.05) is 31.2 Å². The number of aromatic nitrogens is 1. The molecule has 0 spiro atoms. The van der Waals surface area contributed by atoms with Gasteiger partial charge in [0.2, 0.25) is 5.91 Å². The highest BCUT2D eigenvalue weighted by Gasteiger charge is 2.42. The summed E-state index contributed by atoms with van der Waals surface area (Å²) in [5.41, 5.74) is 2.57. The van der Waals surface area contributed by atoms with Crippen molar-refractivity contribution in [2.45, 2.75) is 19.9 Å². The van der Waals surface area contributed by atoms with Gasteiger partial charge in [-0.05, 0) is 19.4 Å². The molecule has 144 valence electrons. The summed E-state index contributed by atoms with van der Waals surface area (Å²) in [6, 6.07) is 7.99. The van der Waals surface area contributed by atoms with E-state index >= 15 is 0 Å². The molecule has 0 aliphatic carbocycles. The number of amides is 3. The van der Waals surface area contributed by atoms with Crippen molar-refractivity contribution in [3.63, 3.8) is 0 Å². The molecule has 0 saturated carbocycles. The third-order valence-corrected chi connectivity index (χ3v) is 4.61. The highest BCUT2D eigenvalue weighted by molar-refractivity contribution is 5.99. The van der Waals surface area contributed by atoms with E-state index in [2.05, 4.69) is 15.8 Å². The Labute approximate surface area is 160 Å². The molecule has 3 heterocycles. The average molecular weight is 382 g/mol. The standard InChI is InChI=1S/C19H18N4O5/c1-10-3-5-12(6-4-10)17-16-13(9-27-18(16)25)23(19(26)21-17)8-15(24)20-14-7-11(2)28-22-14/h3-7,17H,8-9H2,1-2H3,(H,21,26)(H,20,22,24). The van der Waals surface area contributed by atoms with Crippen molar-refractivity contribution in [3.05, 3.63) is 58.5 Å². The fourth-order valence-corrected chi connectivity index (χ4v) is 3.24. The van der Waals surface area contributed by atoms with Crippen molar-refractivity contribution in [3.8, 4) is 0 Å². The summed E-state index contributed by atoms with van der Waals surface area (Å²) in [7, 11) is 0. The Bertz CT molecular complexity index is 992. The van der Waals surface area contributed by atoms with Crippen molar-refractivity contribution in [1.82, 2.24) is 15.4 Å². The highest BCUT2D eigenvalue weighted by atomic mass is 16.5. The van der Waals surface area contributed by atoms with E-state index < -0.39 is 23.9 Å². The maximum atomic E-state index is 12.7. The van der Waals surface area contributed by atoms with Crippen molar-refractivity contribution in [2.75, 3.05) is 18.5 Å². The molecule has 1 aromatic carbocycles. The lowest BCUT2D eigenvalue weighted by molar-refractivity contribution is -0.136. The molecule has 9 nitrogen and oxygen atoms in total. The monoisotopic (exact) mass is 382 g/mol. The van der Waals surface area contributed by atoms with Crippen LogP contribution in [0.15, 0.2) is 46.1 Å². The van der Waals surface area contributed by atoms with Gasteiger partial charge in [0.15, 0.2) is 5.82 Å². The van der Waals surface area contributed by atoms with Crippen molar-refractivity contribution >= 4 is 23.7 Å². The first-order valence-corrected chi connectivity index (χ1v) is 8.70. The molecule has 2 aromatic rings. The van der Waals surface area contributed by atoms with Crippen molar-refractivity contribution in [1.29, 1.82) is 0 Å². The summed E-state index contributed by atoms with van der Waals surface area (Å²) >= 11 is 0. The van der Waals surface area contributed by atoms with Gasteiger partial charge in [0.25, 0.3) is 0 Å². The summed E-state index contributed by atoms with van der Waals surface area (Å²) in [5.74, 6) is -0.168. The third-order valence-electron chi connectivity index (χ3n) is 4.61. The second kappa shape index (κ2) is 6.84. The molecule has 2 aliphatic rings. The number of nitrogens with one attached hydrogen (secondary N) is 2. The number of hydrogen-bond acceptors (Lipinski definition) is 6. The van der Waals surface area contributed by atoms with Gasteiger partial charge in [0, 0.05) is 6.07 Å². The summed E-state index contributed by atoms with van der Waals surface area (Å²) < 4.78 is 10.1. The lowest BCUT2D eigenvalue weighted by Gasteiger charge is -2.32. The van der Waals surface area contributed by atoms with Gasteiger partial charge >= 0.3 is 12.0 Å². The number of aryl methyl sites for hydroxylation is 2. The van der Waals surface area contributed by atoms with Crippen molar-refractivity contribution in [2.24, 2.45) is 0 Å². The Kier molecular flexibility index (Phi) is 4.34. The number of urea groups is 1. The predicted octanol–water partition coefficient (Wildman–Crippen LogP) is 1.81. The molecule has 0 radical (unpaired) electrons. The number of rotatable bonds is 4. The fourth-order valence-electron chi connectivity index (χ4n) is 3.24. The summed E-state index contributed by atoms with van der Waals surface area (Å²) in [5, 5.41) is 9.04. The molecule has 0 bridgehead atoms. The quantitative estimate of drug-likeness (QED) is 0.780. The van der Waals surface area contributed by atoms with Crippen LogP contribution in [-0.2, 0) is 14.3 Å². The number of anilines is 1. The molecule has 1 unspecified atom stereocenters. The van der Waals surface area contributed by atoms with Gasteiger partial charge in [-0.2, -0.15) is 0 Å². The molecule has 2 aliphatic heterocycles. The average Bonchev–Trinajstić information content (AvgIpc) is 3.24. The Morgan fingerprint density at radius 2 is 2.04 bits per heavy atom. The van der Waals surface area contributed by atoms with Gasteiger partial charge in [0.05, 0.1) is 17.3 Å². The van der Waals surface area contributed by atoms with Crippen LogP contribution >= 0.6 is 0 Å². The molecular formula is C19H18N4O5. The maximum Gasteiger partial charge on any atom is 0.338 e. The first-order valence-electron chi connectivity index (χ1n) is 8.70. The molecular weight excluding hydrogens is 364 g/mol. The SMILES string of the molecule is Cc1ccc(C2NC(=O)N(CC(=O)Nc3cc(C)on3)C3=C2C(=O)OC3)cc1. The Morgan fingerprint density at radius 1 is 1.29 bits per heavy atom. The number of benzene rings is 1. The molecule has 1 atom stereocenters. The van der Waals surface area contributed by atoms with Crippen molar-refractivity contribution < 1.29 is 23.6 Å².